The van der Waals surface area contributed by atoms with E-state index in [9.17, 15) is 5.11 Å². The Balaban J connectivity index is 2.73. The van der Waals surface area contributed by atoms with E-state index in [0.29, 0.717) is 17.6 Å². The molecule has 0 aliphatic rings. The third kappa shape index (κ3) is 3.88. The fraction of sp³-hybridized carbons (Fsp3) is 0.600. The Morgan fingerprint density at radius 3 is 1.94 bits per heavy atom. The standard InChI is InChI=1S/C15H24O/c1-11(2)5-10-15(12(3)4)13-6-8-14(16)9-7-13/h6-9,11-12,15-16H,5,10H2,1-4H3. The molecule has 0 bridgehead atoms. The third-order valence-electron chi connectivity index (χ3n) is 3.18. The van der Waals surface area contributed by atoms with E-state index in [1.807, 2.05) is 0 Å². The van der Waals surface area contributed by atoms with Crippen LogP contribution in [-0.2, 0) is 0 Å². The predicted molar refractivity (Wildman–Crippen MR) is 69.8 cm³/mol. The normalized spacial score (nSPS) is 13.4. The van der Waals surface area contributed by atoms with Crippen LogP contribution in [0.15, 0.2) is 24.3 Å². The Morgan fingerprint density at radius 2 is 1.50 bits per heavy atom. The molecule has 1 rings (SSSR count). The van der Waals surface area contributed by atoms with Gasteiger partial charge in [-0.05, 0) is 41.9 Å². The zero-order valence-electron chi connectivity index (χ0n) is 10.9. The maximum atomic E-state index is 9.30. The minimum Gasteiger partial charge on any atom is -0.508 e. The van der Waals surface area contributed by atoms with Crippen molar-refractivity contribution < 1.29 is 5.11 Å². The molecule has 0 spiro atoms. The van der Waals surface area contributed by atoms with Crippen LogP contribution in [0.4, 0.5) is 0 Å². The van der Waals surface area contributed by atoms with Crippen LogP contribution in [0, 0.1) is 11.8 Å². The summed E-state index contributed by atoms with van der Waals surface area (Å²) in [6.07, 6.45) is 2.50. The Bertz CT molecular complexity index is 298. The Hall–Kier alpha value is -0.980. The molecule has 1 N–H and O–H groups in total. The summed E-state index contributed by atoms with van der Waals surface area (Å²) in [5, 5.41) is 9.30. The van der Waals surface area contributed by atoms with E-state index in [1.54, 1.807) is 12.1 Å². The molecule has 0 aliphatic heterocycles. The summed E-state index contributed by atoms with van der Waals surface area (Å²) in [5.74, 6) is 2.39. The van der Waals surface area contributed by atoms with Gasteiger partial charge in [-0.2, -0.15) is 0 Å². The van der Waals surface area contributed by atoms with Crippen LogP contribution in [0.3, 0.4) is 0 Å². The number of hydrogen-bond donors (Lipinski definition) is 1. The summed E-state index contributed by atoms with van der Waals surface area (Å²) in [6.45, 7) is 9.10. The van der Waals surface area contributed by atoms with Crippen molar-refractivity contribution in [1.29, 1.82) is 0 Å². The molecule has 0 saturated carbocycles. The second-order valence-electron chi connectivity index (χ2n) is 5.41. The maximum absolute atomic E-state index is 9.30. The molecule has 1 atom stereocenters. The highest BCUT2D eigenvalue weighted by atomic mass is 16.3. The van der Waals surface area contributed by atoms with E-state index in [4.69, 9.17) is 0 Å². The van der Waals surface area contributed by atoms with E-state index in [0.717, 1.165) is 5.92 Å². The lowest BCUT2D eigenvalue weighted by atomic mass is 9.83. The zero-order valence-corrected chi connectivity index (χ0v) is 10.9. The molecule has 1 aromatic carbocycles. The molecule has 0 saturated heterocycles. The van der Waals surface area contributed by atoms with Crippen LogP contribution in [0.1, 0.15) is 52.0 Å². The molecule has 1 heteroatoms. The first-order valence-electron chi connectivity index (χ1n) is 6.29. The zero-order chi connectivity index (χ0) is 12.1. The van der Waals surface area contributed by atoms with E-state index < -0.39 is 0 Å². The number of rotatable bonds is 5. The van der Waals surface area contributed by atoms with Crippen LogP contribution in [0.2, 0.25) is 0 Å². The summed E-state index contributed by atoms with van der Waals surface area (Å²) < 4.78 is 0. The van der Waals surface area contributed by atoms with Gasteiger partial charge < -0.3 is 5.11 Å². The first-order chi connectivity index (χ1) is 7.50. The van der Waals surface area contributed by atoms with Gasteiger partial charge in [-0.15, -0.1) is 0 Å². The highest BCUT2D eigenvalue weighted by Crippen LogP contribution is 2.31. The first-order valence-corrected chi connectivity index (χ1v) is 6.29. The van der Waals surface area contributed by atoms with Crippen molar-refractivity contribution in [1.82, 2.24) is 0 Å². The van der Waals surface area contributed by atoms with Crippen molar-refractivity contribution in [3.05, 3.63) is 29.8 Å². The molecular weight excluding hydrogens is 196 g/mol. The van der Waals surface area contributed by atoms with E-state index >= 15 is 0 Å². The molecule has 0 fully saturated rings. The van der Waals surface area contributed by atoms with Gasteiger partial charge in [-0.25, -0.2) is 0 Å². The first kappa shape index (κ1) is 13.1. The lowest BCUT2D eigenvalue weighted by Crippen LogP contribution is -2.08. The van der Waals surface area contributed by atoms with Gasteiger partial charge in [0.15, 0.2) is 0 Å². The molecular formula is C15H24O. The largest absolute Gasteiger partial charge is 0.508 e. The van der Waals surface area contributed by atoms with Gasteiger partial charge in [0.2, 0.25) is 0 Å². The summed E-state index contributed by atoms with van der Waals surface area (Å²) >= 11 is 0. The van der Waals surface area contributed by atoms with Crippen LogP contribution >= 0.6 is 0 Å². The molecule has 1 nitrogen and oxygen atoms in total. The fourth-order valence-electron chi connectivity index (χ4n) is 2.12. The average Bonchev–Trinajstić information content (AvgIpc) is 2.20. The van der Waals surface area contributed by atoms with Crippen molar-refractivity contribution >= 4 is 0 Å². The number of aromatic hydroxyl groups is 1. The third-order valence-corrected chi connectivity index (χ3v) is 3.18. The van der Waals surface area contributed by atoms with Gasteiger partial charge in [0.1, 0.15) is 5.75 Å². The molecule has 0 heterocycles. The second-order valence-corrected chi connectivity index (χ2v) is 5.41. The molecule has 1 unspecified atom stereocenters. The molecule has 0 amide bonds. The minimum atomic E-state index is 0.357. The lowest BCUT2D eigenvalue weighted by Gasteiger charge is -2.22. The molecule has 0 aliphatic carbocycles. The summed E-state index contributed by atoms with van der Waals surface area (Å²) in [5.41, 5.74) is 1.36. The number of benzene rings is 1. The average molecular weight is 220 g/mol. The SMILES string of the molecule is CC(C)CCC(c1ccc(O)cc1)C(C)C. The smallest absolute Gasteiger partial charge is 0.115 e. The summed E-state index contributed by atoms with van der Waals surface area (Å²) in [7, 11) is 0. The molecule has 1 aromatic rings. The van der Waals surface area contributed by atoms with Gasteiger partial charge >= 0.3 is 0 Å². The lowest BCUT2D eigenvalue weighted by molar-refractivity contribution is 0.418. The number of hydrogen-bond acceptors (Lipinski definition) is 1. The van der Waals surface area contributed by atoms with Crippen molar-refractivity contribution in [2.24, 2.45) is 11.8 Å². The second kappa shape index (κ2) is 5.93. The number of phenolic OH excluding ortho intramolecular Hbond substituents is 1. The van der Waals surface area contributed by atoms with Crippen molar-refractivity contribution in [3.8, 4) is 5.75 Å². The van der Waals surface area contributed by atoms with Gasteiger partial charge in [-0.3, -0.25) is 0 Å². The van der Waals surface area contributed by atoms with Crippen LogP contribution in [0.25, 0.3) is 0 Å². The topological polar surface area (TPSA) is 20.2 Å². The van der Waals surface area contributed by atoms with Crippen LogP contribution < -0.4 is 0 Å². The summed E-state index contributed by atoms with van der Waals surface area (Å²) in [6, 6.07) is 7.70. The molecule has 0 radical (unpaired) electrons. The fourth-order valence-corrected chi connectivity index (χ4v) is 2.12. The van der Waals surface area contributed by atoms with Crippen LogP contribution in [-0.4, -0.2) is 5.11 Å². The van der Waals surface area contributed by atoms with Gasteiger partial charge in [0.25, 0.3) is 0 Å². The van der Waals surface area contributed by atoms with Crippen molar-refractivity contribution in [3.63, 3.8) is 0 Å². The number of phenols is 1. The van der Waals surface area contributed by atoms with E-state index in [1.165, 1.54) is 18.4 Å². The maximum Gasteiger partial charge on any atom is 0.115 e. The highest BCUT2D eigenvalue weighted by Gasteiger charge is 2.15. The van der Waals surface area contributed by atoms with Gasteiger partial charge in [0.05, 0.1) is 0 Å². The predicted octanol–water partition coefficient (Wildman–Crippen LogP) is 4.57. The van der Waals surface area contributed by atoms with Crippen LogP contribution in [0.5, 0.6) is 5.75 Å². The Labute approximate surface area is 99.5 Å². The minimum absolute atomic E-state index is 0.357. The van der Waals surface area contributed by atoms with Crippen molar-refractivity contribution in [2.45, 2.75) is 46.5 Å². The van der Waals surface area contributed by atoms with Gasteiger partial charge in [-0.1, -0.05) is 46.2 Å². The molecule has 16 heavy (non-hydrogen) atoms. The Morgan fingerprint density at radius 1 is 0.938 bits per heavy atom. The Kier molecular flexibility index (Phi) is 4.85. The highest BCUT2D eigenvalue weighted by molar-refractivity contribution is 5.28. The van der Waals surface area contributed by atoms with E-state index in [-0.39, 0.29) is 0 Å². The summed E-state index contributed by atoms with van der Waals surface area (Å²) in [4.78, 5) is 0. The van der Waals surface area contributed by atoms with Crippen molar-refractivity contribution in [2.75, 3.05) is 0 Å². The molecule has 90 valence electrons. The van der Waals surface area contributed by atoms with E-state index in [2.05, 4.69) is 39.8 Å². The quantitative estimate of drug-likeness (QED) is 0.770. The monoisotopic (exact) mass is 220 g/mol. The molecule has 0 aromatic heterocycles. The van der Waals surface area contributed by atoms with Gasteiger partial charge in [0, 0.05) is 0 Å².